The number of carbonyl (C=O) groups excluding carboxylic acids is 2. The van der Waals surface area contributed by atoms with Crippen molar-refractivity contribution in [1.82, 2.24) is 0 Å². The molecule has 4 aliphatic rings. The Morgan fingerprint density at radius 2 is 1.70 bits per heavy atom. The minimum absolute atomic E-state index is 0.00764. The summed E-state index contributed by atoms with van der Waals surface area (Å²) in [5.74, 6) is 0.379. The van der Waals surface area contributed by atoms with Gasteiger partial charge in [-0.3, -0.25) is 9.59 Å². The van der Waals surface area contributed by atoms with E-state index in [4.69, 9.17) is 4.74 Å². The van der Waals surface area contributed by atoms with E-state index in [1.165, 1.54) is 6.92 Å². The molecule has 0 aromatic heterocycles. The van der Waals surface area contributed by atoms with Gasteiger partial charge in [0.15, 0.2) is 0 Å². The van der Waals surface area contributed by atoms with E-state index in [1.807, 2.05) is 0 Å². The van der Waals surface area contributed by atoms with Crippen molar-refractivity contribution in [3.8, 4) is 0 Å². The molecule has 2 bridgehead atoms. The van der Waals surface area contributed by atoms with Gasteiger partial charge in [0, 0.05) is 19.3 Å². The van der Waals surface area contributed by atoms with Gasteiger partial charge < -0.3 is 4.74 Å². The molecule has 0 N–H and O–H groups in total. The average molecular weight is 320 g/mol. The molecule has 0 saturated heterocycles. The quantitative estimate of drug-likeness (QED) is 0.667. The number of carbonyl (C=O) groups is 2. The summed E-state index contributed by atoms with van der Waals surface area (Å²) in [7, 11) is 0. The van der Waals surface area contributed by atoms with Gasteiger partial charge in [0.2, 0.25) is 0 Å². The molecule has 0 aliphatic heterocycles. The van der Waals surface area contributed by atoms with Crippen molar-refractivity contribution in [3.63, 3.8) is 0 Å². The first-order valence-electron chi connectivity index (χ1n) is 9.07. The summed E-state index contributed by atoms with van der Waals surface area (Å²) in [4.78, 5) is 24.5. The van der Waals surface area contributed by atoms with Gasteiger partial charge in [0.25, 0.3) is 0 Å². The fourth-order valence-electron chi connectivity index (χ4n) is 7.38. The van der Waals surface area contributed by atoms with Gasteiger partial charge in [-0.2, -0.15) is 0 Å². The van der Waals surface area contributed by atoms with Crippen LogP contribution in [0.15, 0.2) is 0 Å². The lowest BCUT2D eigenvalue weighted by atomic mass is 9.38. The van der Waals surface area contributed by atoms with Crippen molar-refractivity contribution in [2.75, 3.05) is 0 Å². The number of hydrogen-bond donors (Lipinski definition) is 0. The van der Waals surface area contributed by atoms with E-state index in [9.17, 15) is 9.59 Å². The Balaban J connectivity index is 2.01. The number of ketones is 1. The highest BCUT2D eigenvalue weighted by atomic mass is 16.5. The maximum absolute atomic E-state index is 13.0. The third-order valence-electron chi connectivity index (χ3n) is 6.56. The lowest BCUT2D eigenvalue weighted by Crippen LogP contribution is -2.62. The average Bonchev–Trinajstić information content (AvgIpc) is 2.17. The zero-order valence-corrected chi connectivity index (χ0v) is 15.6. The van der Waals surface area contributed by atoms with E-state index in [2.05, 4.69) is 34.6 Å². The van der Waals surface area contributed by atoms with Crippen LogP contribution in [0, 0.1) is 27.6 Å². The van der Waals surface area contributed by atoms with Gasteiger partial charge in [0.05, 0.1) is 0 Å². The third-order valence-corrected chi connectivity index (χ3v) is 6.56. The van der Waals surface area contributed by atoms with Crippen molar-refractivity contribution in [2.24, 2.45) is 27.6 Å². The van der Waals surface area contributed by atoms with E-state index in [1.54, 1.807) is 0 Å². The molecule has 4 saturated carbocycles. The summed E-state index contributed by atoms with van der Waals surface area (Å²) < 4.78 is 5.65. The van der Waals surface area contributed by atoms with Crippen LogP contribution in [0.3, 0.4) is 0 Å². The van der Waals surface area contributed by atoms with Crippen molar-refractivity contribution < 1.29 is 14.3 Å². The summed E-state index contributed by atoms with van der Waals surface area (Å²) in [6.07, 6.45) is 5.80. The summed E-state index contributed by atoms with van der Waals surface area (Å²) in [6.45, 7) is 12.9. The maximum Gasteiger partial charge on any atom is 0.302 e. The predicted octanol–water partition coefficient (Wildman–Crippen LogP) is 4.53. The summed E-state index contributed by atoms with van der Waals surface area (Å²) in [5, 5.41) is 0. The SMILES string of the molecule is CC(=O)O[C@H]1CC(C)(C)C[C@@]2(C1)C[C@@]1(C)CC(=O)[C@H]2C(C)(C)C1. The number of esters is 1. The first-order chi connectivity index (χ1) is 10.4. The molecule has 0 amide bonds. The number of rotatable bonds is 1. The first-order valence-corrected chi connectivity index (χ1v) is 9.07. The van der Waals surface area contributed by atoms with E-state index in [0.29, 0.717) is 5.78 Å². The number of hydrogen-bond acceptors (Lipinski definition) is 3. The van der Waals surface area contributed by atoms with Crippen molar-refractivity contribution in [1.29, 1.82) is 0 Å². The molecular formula is C20H32O3. The van der Waals surface area contributed by atoms with Crippen LogP contribution < -0.4 is 0 Å². The van der Waals surface area contributed by atoms with Crippen molar-refractivity contribution in [3.05, 3.63) is 0 Å². The van der Waals surface area contributed by atoms with Crippen LogP contribution in [0.1, 0.15) is 80.1 Å². The lowest BCUT2D eigenvalue weighted by molar-refractivity contribution is -0.192. The van der Waals surface area contributed by atoms with Gasteiger partial charge in [-0.15, -0.1) is 0 Å². The number of Topliss-reactive ketones (excluding diaryl/α,β-unsaturated/α-hetero) is 1. The van der Waals surface area contributed by atoms with Crippen LogP contribution in [0.25, 0.3) is 0 Å². The molecular weight excluding hydrogens is 288 g/mol. The molecule has 4 rings (SSSR count). The minimum Gasteiger partial charge on any atom is -0.463 e. The molecule has 1 spiro atoms. The smallest absolute Gasteiger partial charge is 0.302 e. The van der Waals surface area contributed by atoms with Crippen molar-refractivity contribution >= 4 is 11.8 Å². The number of ether oxygens (including phenoxy) is 1. The molecule has 0 aromatic carbocycles. The molecule has 4 aliphatic carbocycles. The molecule has 23 heavy (non-hydrogen) atoms. The standard InChI is InChI=1S/C20H32O3/c1-13(21)23-14-7-17(2,3)10-20(8-14)12-19(6)9-15(22)16(20)18(4,5)11-19/h14,16H,7-12H2,1-6H3/t14-,16-,19-,20-/m0/s1. The normalized spacial score (nSPS) is 44.3. The van der Waals surface area contributed by atoms with Gasteiger partial charge in [-0.1, -0.05) is 34.6 Å². The fraction of sp³-hybridized carbons (Fsp3) is 0.900. The Morgan fingerprint density at radius 1 is 1.04 bits per heavy atom. The van der Waals surface area contributed by atoms with Crippen LogP contribution in [-0.2, 0) is 14.3 Å². The Hall–Kier alpha value is -0.860. The molecule has 4 atom stereocenters. The summed E-state index contributed by atoms with van der Waals surface area (Å²) in [5.41, 5.74) is 0.288. The maximum atomic E-state index is 13.0. The molecule has 0 radical (unpaired) electrons. The van der Waals surface area contributed by atoms with Gasteiger partial charge in [-0.25, -0.2) is 0 Å². The highest BCUT2D eigenvalue weighted by molar-refractivity contribution is 5.85. The van der Waals surface area contributed by atoms with Gasteiger partial charge in [0.1, 0.15) is 11.9 Å². The molecule has 0 unspecified atom stereocenters. The monoisotopic (exact) mass is 320 g/mol. The van der Waals surface area contributed by atoms with Crippen LogP contribution in [-0.4, -0.2) is 17.9 Å². The Labute approximate surface area is 140 Å². The highest BCUT2D eigenvalue weighted by Crippen LogP contribution is 2.69. The molecule has 3 nitrogen and oxygen atoms in total. The predicted molar refractivity (Wildman–Crippen MR) is 89.9 cm³/mol. The zero-order chi connectivity index (χ0) is 17.3. The van der Waals surface area contributed by atoms with Crippen LogP contribution in [0.2, 0.25) is 0 Å². The Kier molecular flexibility index (Phi) is 3.56. The first kappa shape index (κ1) is 17.0. The lowest BCUT2D eigenvalue weighted by Gasteiger charge is -2.65. The molecule has 0 aromatic rings. The second kappa shape index (κ2) is 4.83. The second-order valence-electron chi connectivity index (χ2n) is 10.6. The second-order valence-corrected chi connectivity index (χ2v) is 10.6. The number of fused-ring (bicyclic) bond motifs is 2. The van der Waals surface area contributed by atoms with Crippen LogP contribution in [0.4, 0.5) is 0 Å². The van der Waals surface area contributed by atoms with E-state index in [0.717, 1.165) is 38.5 Å². The summed E-state index contributed by atoms with van der Waals surface area (Å²) in [6, 6.07) is 0. The molecule has 0 heterocycles. The Morgan fingerprint density at radius 3 is 2.22 bits per heavy atom. The largest absolute Gasteiger partial charge is 0.463 e. The topological polar surface area (TPSA) is 43.4 Å². The third kappa shape index (κ3) is 2.85. The molecule has 3 heteroatoms. The van der Waals surface area contributed by atoms with Crippen LogP contribution >= 0.6 is 0 Å². The molecule has 130 valence electrons. The van der Waals surface area contributed by atoms with E-state index in [-0.39, 0.29) is 39.7 Å². The fourth-order valence-corrected chi connectivity index (χ4v) is 7.38. The van der Waals surface area contributed by atoms with E-state index >= 15 is 0 Å². The summed E-state index contributed by atoms with van der Waals surface area (Å²) >= 11 is 0. The Bertz CT molecular complexity index is 540. The van der Waals surface area contributed by atoms with Crippen molar-refractivity contribution in [2.45, 2.75) is 86.2 Å². The highest BCUT2D eigenvalue weighted by Gasteiger charge is 2.65. The van der Waals surface area contributed by atoms with Crippen LogP contribution in [0.5, 0.6) is 0 Å². The van der Waals surface area contributed by atoms with Gasteiger partial charge >= 0.3 is 5.97 Å². The van der Waals surface area contributed by atoms with E-state index < -0.39 is 0 Å². The zero-order valence-electron chi connectivity index (χ0n) is 15.6. The minimum atomic E-state index is -0.194. The van der Waals surface area contributed by atoms with Gasteiger partial charge in [-0.05, 0) is 53.8 Å². The molecule has 4 fully saturated rings.